The van der Waals surface area contributed by atoms with Crippen molar-refractivity contribution in [2.45, 2.75) is 31.5 Å². The molecule has 0 spiro atoms. The number of nitro groups is 1. The van der Waals surface area contributed by atoms with Crippen LogP contribution in [-0.2, 0) is 16.1 Å². The number of rotatable bonds is 6. The second-order valence-electron chi connectivity index (χ2n) is 5.84. The van der Waals surface area contributed by atoms with Crippen LogP contribution in [-0.4, -0.2) is 49.6 Å². The van der Waals surface area contributed by atoms with Gasteiger partial charge in [0.05, 0.1) is 18.8 Å². The van der Waals surface area contributed by atoms with Gasteiger partial charge in [0.25, 0.3) is 0 Å². The van der Waals surface area contributed by atoms with E-state index in [0.29, 0.717) is 0 Å². The van der Waals surface area contributed by atoms with E-state index in [1.165, 1.54) is 18.3 Å². The lowest BCUT2D eigenvalue weighted by molar-refractivity contribution is -0.402. The second kappa shape index (κ2) is 8.16. The summed E-state index contributed by atoms with van der Waals surface area (Å²) in [5.74, 6) is -0.525. The van der Waals surface area contributed by atoms with E-state index in [1.54, 1.807) is 0 Å². The first-order valence-electron chi connectivity index (χ1n) is 8.08. The lowest BCUT2D eigenvalue weighted by Crippen LogP contribution is -2.32. The summed E-state index contributed by atoms with van der Waals surface area (Å²) in [4.78, 5) is 37.3. The minimum atomic E-state index is -0.993. The Morgan fingerprint density at radius 1 is 1.46 bits per heavy atom. The number of carbonyl (C=O) groups is 1. The van der Waals surface area contributed by atoms with Crippen molar-refractivity contribution in [3.63, 3.8) is 0 Å². The van der Waals surface area contributed by atoms with Crippen LogP contribution >= 0.6 is 0 Å². The summed E-state index contributed by atoms with van der Waals surface area (Å²) in [6.07, 6.45) is -2.08. The minimum absolute atomic E-state index is 0.0658. The number of nitrogens with one attached hydrogen (secondary N) is 1. The number of carbonyl (C=O) groups excluding carboxylic acids is 1. The molecule has 0 unspecified atom stereocenters. The number of furan rings is 1. The maximum absolute atomic E-state index is 12.1. The van der Waals surface area contributed by atoms with Gasteiger partial charge in [-0.05, 0) is 12.1 Å². The summed E-state index contributed by atoms with van der Waals surface area (Å²) in [5.41, 5.74) is -0.790. The lowest BCUT2D eigenvalue weighted by Gasteiger charge is -2.17. The van der Waals surface area contributed by atoms with Crippen LogP contribution in [0.5, 0.6) is 0 Å². The van der Waals surface area contributed by atoms with Crippen LogP contribution in [0.4, 0.5) is 16.5 Å². The molecule has 1 aliphatic heterocycles. The molecular formula is C15H16N4O9. The number of ether oxygens (including phenoxy) is 2. The van der Waals surface area contributed by atoms with Crippen molar-refractivity contribution in [2.24, 2.45) is 0 Å². The maximum atomic E-state index is 12.1. The predicted molar refractivity (Wildman–Crippen MR) is 89.3 cm³/mol. The molecule has 0 saturated carbocycles. The van der Waals surface area contributed by atoms with Crippen molar-refractivity contribution in [1.82, 2.24) is 9.55 Å². The van der Waals surface area contributed by atoms with Crippen molar-refractivity contribution >= 4 is 17.8 Å². The summed E-state index contributed by atoms with van der Waals surface area (Å²) in [6, 6.07) is 3.71. The number of aliphatic hydroxyl groups is 2. The molecule has 3 rings (SSSR count). The van der Waals surface area contributed by atoms with Gasteiger partial charge in [-0.1, -0.05) is 0 Å². The highest BCUT2D eigenvalue weighted by Gasteiger charge is 2.35. The monoisotopic (exact) mass is 396 g/mol. The number of aliphatic hydroxyl groups excluding tert-OH is 2. The van der Waals surface area contributed by atoms with Crippen LogP contribution in [0, 0.1) is 10.1 Å². The van der Waals surface area contributed by atoms with Gasteiger partial charge >= 0.3 is 17.7 Å². The molecule has 3 atom stereocenters. The second-order valence-corrected chi connectivity index (χ2v) is 5.84. The largest absolute Gasteiger partial charge is 0.441 e. The quantitative estimate of drug-likeness (QED) is 0.449. The van der Waals surface area contributed by atoms with Gasteiger partial charge in [-0.2, -0.15) is 4.98 Å². The van der Waals surface area contributed by atoms with Crippen molar-refractivity contribution < 1.29 is 33.8 Å². The normalized spacial score (nSPS) is 21.4. The Morgan fingerprint density at radius 3 is 2.86 bits per heavy atom. The molecule has 2 aromatic rings. The highest BCUT2D eigenvalue weighted by molar-refractivity contribution is 5.83. The third-order valence-electron chi connectivity index (χ3n) is 3.88. The van der Waals surface area contributed by atoms with Gasteiger partial charge in [0.1, 0.15) is 22.6 Å². The smallest absolute Gasteiger partial charge is 0.433 e. The van der Waals surface area contributed by atoms with Gasteiger partial charge in [-0.25, -0.2) is 9.59 Å². The molecule has 0 aliphatic carbocycles. The molecule has 1 fully saturated rings. The van der Waals surface area contributed by atoms with Gasteiger partial charge in [-0.15, -0.1) is 0 Å². The van der Waals surface area contributed by atoms with Crippen molar-refractivity contribution in [3.8, 4) is 0 Å². The van der Waals surface area contributed by atoms with Crippen molar-refractivity contribution in [3.05, 3.63) is 50.8 Å². The molecule has 0 bridgehead atoms. The standard InChI is InChI=1S/C15H16N4O9/c20-6-9-5-10(21)13(28-9)18-4-3-11(16-14(18)22)17-15(23)26-7-8-1-2-12(27-8)19(24)25/h1-4,9-10,13,20-21H,5-7H2,(H,16,17,22,23)/t9-,10-,13+/m0/s1. The topological polar surface area (TPSA) is 179 Å². The van der Waals surface area contributed by atoms with E-state index in [1.807, 2.05) is 0 Å². The number of aromatic nitrogens is 2. The molecule has 3 heterocycles. The summed E-state index contributed by atoms with van der Waals surface area (Å²) in [7, 11) is 0. The fraction of sp³-hybridized carbons (Fsp3) is 0.400. The Labute approximate surface area is 156 Å². The van der Waals surface area contributed by atoms with Gasteiger partial charge in [-0.3, -0.25) is 20.0 Å². The van der Waals surface area contributed by atoms with Crippen molar-refractivity contribution in [1.29, 1.82) is 0 Å². The summed E-state index contributed by atoms with van der Waals surface area (Å²) in [6.45, 7) is -0.651. The Morgan fingerprint density at radius 2 is 2.25 bits per heavy atom. The van der Waals surface area contributed by atoms with Gasteiger partial charge in [0, 0.05) is 12.6 Å². The van der Waals surface area contributed by atoms with Gasteiger partial charge in [0.15, 0.2) is 12.8 Å². The molecule has 3 N–H and O–H groups in total. The molecule has 1 saturated heterocycles. The van der Waals surface area contributed by atoms with Crippen LogP contribution in [0.15, 0.2) is 33.6 Å². The number of nitrogens with zero attached hydrogens (tertiary/aromatic N) is 3. The molecular weight excluding hydrogens is 380 g/mol. The molecule has 1 aliphatic rings. The van der Waals surface area contributed by atoms with Crippen molar-refractivity contribution in [2.75, 3.05) is 11.9 Å². The highest BCUT2D eigenvalue weighted by atomic mass is 16.7. The average molecular weight is 396 g/mol. The van der Waals surface area contributed by atoms with Crippen LogP contribution in [0.1, 0.15) is 18.4 Å². The zero-order valence-electron chi connectivity index (χ0n) is 14.3. The first-order valence-corrected chi connectivity index (χ1v) is 8.08. The molecule has 1 amide bonds. The zero-order valence-corrected chi connectivity index (χ0v) is 14.3. The minimum Gasteiger partial charge on any atom is -0.441 e. The highest BCUT2D eigenvalue weighted by Crippen LogP contribution is 2.27. The summed E-state index contributed by atoms with van der Waals surface area (Å²) >= 11 is 0. The van der Waals surface area contributed by atoms with Crippen LogP contribution in [0.3, 0.4) is 0 Å². The average Bonchev–Trinajstić information content (AvgIpc) is 3.27. The molecule has 0 aromatic carbocycles. The first kappa shape index (κ1) is 19.5. The van der Waals surface area contributed by atoms with Gasteiger partial charge in [0.2, 0.25) is 0 Å². The number of anilines is 1. The maximum Gasteiger partial charge on any atom is 0.433 e. The Kier molecular flexibility index (Phi) is 5.67. The SMILES string of the molecule is O=C(Nc1ccn([C@@H]2O[C@H](CO)C[C@@H]2O)c(=O)n1)OCc1ccc([N+](=O)[O-])o1. The number of hydrogen-bond donors (Lipinski definition) is 3. The summed E-state index contributed by atoms with van der Waals surface area (Å²) < 4.78 is 16.1. The fourth-order valence-electron chi connectivity index (χ4n) is 2.59. The molecule has 13 nitrogen and oxygen atoms in total. The first-order chi connectivity index (χ1) is 13.4. The zero-order chi connectivity index (χ0) is 20.3. The lowest BCUT2D eigenvalue weighted by atomic mass is 10.2. The van der Waals surface area contributed by atoms with Crippen LogP contribution in [0.2, 0.25) is 0 Å². The fourth-order valence-corrected chi connectivity index (χ4v) is 2.59. The van der Waals surface area contributed by atoms with Crippen LogP contribution in [0.25, 0.3) is 0 Å². The Bertz CT molecular complexity index is 924. The van der Waals surface area contributed by atoms with E-state index < -0.39 is 41.0 Å². The number of amides is 1. The Hall–Kier alpha value is -3.29. The van der Waals surface area contributed by atoms with E-state index in [-0.39, 0.29) is 31.2 Å². The third-order valence-corrected chi connectivity index (χ3v) is 3.88. The van der Waals surface area contributed by atoms with E-state index in [4.69, 9.17) is 19.0 Å². The van der Waals surface area contributed by atoms with E-state index in [2.05, 4.69) is 10.3 Å². The van der Waals surface area contributed by atoms with E-state index in [0.717, 1.165) is 10.6 Å². The number of hydrogen-bond acceptors (Lipinski definition) is 10. The molecule has 13 heteroatoms. The Balaban J connectivity index is 1.58. The van der Waals surface area contributed by atoms with Crippen LogP contribution < -0.4 is 11.0 Å². The predicted octanol–water partition coefficient (Wildman–Crippen LogP) is 0.134. The van der Waals surface area contributed by atoms with E-state index in [9.17, 15) is 24.8 Å². The molecule has 0 radical (unpaired) electrons. The molecule has 28 heavy (non-hydrogen) atoms. The summed E-state index contributed by atoms with van der Waals surface area (Å²) in [5, 5.41) is 31.8. The molecule has 2 aromatic heterocycles. The third kappa shape index (κ3) is 4.33. The molecule has 150 valence electrons. The van der Waals surface area contributed by atoms with E-state index >= 15 is 0 Å². The van der Waals surface area contributed by atoms with Gasteiger partial charge < -0.3 is 24.1 Å².